The number of hydrogen-bond donors (Lipinski definition) is 2. The molecule has 1 unspecified atom stereocenters. The molecule has 1 aromatic carbocycles. The van der Waals surface area contributed by atoms with Crippen LogP contribution in [0.3, 0.4) is 0 Å². The van der Waals surface area contributed by atoms with Crippen LogP contribution in [0, 0.1) is 23.6 Å². The lowest BCUT2D eigenvalue weighted by Gasteiger charge is -2.40. The molecule has 0 saturated heterocycles. The fraction of sp³-hybridized carbons (Fsp3) is 0.517. The Kier molecular flexibility index (Phi) is 7.71. The molecule has 0 radical (unpaired) electrons. The Morgan fingerprint density at radius 3 is 2.58 bits per heavy atom. The van der Waals surface area contributed by atoms with Gasteiger partial charge in [0.25, 0.3) is 0 Å². The van der Waals surface area contributed by atoms with Gasteiger partial charge in [-0.25, -0.2) is 9.18 Å². The van der Waals surface area contributed by atoms with Crippen molar-refractivity contribution in [2.75, 3.05) is 0 Å². The molecule has 0 spiro atoms. The highest BCUT2D eigenvalue weighted by Crippen LogP contribution is 2.50. The van der Waals surface area contributed by atoms with Gasteiger partial charge in [0.05, 0.1) is 11.8 Å². The van der Waals surface area contributed by atoms with Crippen LogP contribution in [0.2, 0.25) is 18.1 Å². The number of nitrogens with one attached hydrogen (secondary N) is 1. The normalized spacial score (nSPS) is 26.7. The van der Waals surface area contributed by atoms with Gasteiger partial charge < -0.3 is 14.8 Å². The summed E-state index contributed by atoms with van der Waals surface area (Å²) in [6, 6.07) is 10.5. The van der Waals surface area contributed by atoms with Crippen molar-refractivity contribution in [2.24, 2.45) is 17.8 Å². The summed E-state index contributed by atoms with van der Waals surface area (Å²) in [5.74, 6) is 0.950. The summed E-state index contributed by atoms with van der Waals surface area (Å²) in [4.78, 5) is 15.8. The molecule has 2 aromatic rings. The standard InChI is InChI=1S/C29H39FN2O3Si/c1-29(2,3)36(4,5)35-27-17-21-16-24(32-28(33)34)12-13-25(21)26(27)14-11-23-10-9-20(18-31-23)19-7-6-8-22(30)15-19/h6-11,14-15,18,21,24-27,32H,12-13,16-17H2,1-5H3,(H,33,34)/t21-,24?,25+,26-,27-/m0/s1. The van der Waals surface area contributed by atoms with Crippen LogP contribution < -0.4 is 5.32 Å². The first-order valence-electron chi connectivity index (χ1n) is 13.0. The molecule has 2 fully saturated rings. The van der Waals surface area contributed by atoms with Crippen molar-refractivity contribution in [3.05, 3.63) is 60.2 Å². The summed E-state index contributed by atoms with van der Waals surface area (Å²) in [7, 11) is -1.97. The van der Waals surface area contributed by atoms with Crippen LogP contribution in [0.1, 0.15) is 52.1 Å². The van der Waals surface area contributed by atoms with Gasteiger partial charge in [-0.3, -0.25) is 4.98 Å². The smallest absolute Gasteiger partial charge is 0.404 e. The van der Waals surface area contributed by atoms with Crippen molar-refractivity contribution in [3.63, 3.8) is 0 Å². The molecule has 194 valence electrons. The van der Waals surface area contributed by atoms with Crippen LogP contribution in [-0.2, 0) is 4.43 Å². The van der Waals surface area contributed by atoms with Gasteiger partial charge in [0.15, 0.2) is 8.32 Å². The summed E-state index contributed by atoms with van der Waals surface area (Å²) in [5.41, 5.74) is 2.56. The zero-order valence-corrected chi connectivity index (χ0v) is 23.0. The van der Waals surface area contributed by atoms with E-state index in [2.05, 4.69) is 56.3 Å². The molecule has 1 heterocycles. The van der Waals surface area contributed by atoms with Gasteiger partial charge >= 0.3 is 6.09 Å². The number of nitrogens with zero attached hydrogens (tertiary/aromatic N) is 1. The fourth-order valence-electron chi connectivity index (χ4n) is 5.60. The first kappa shape index (κ1) is 26.5. The summed E-state index contributed by atoms with van der Waals surface area (Å²) < 4.78 is 20.6. The van der Waals surface area contributed by atoms with Crippen molar-refractivity contribution in [2.45, 2.75) is 76.7 Å². The summed E-state index contributed by atoms with van der Waals surface area (Å²) in [6.07, 6.45) is 9.05. The Labute approximate surface area is 215 Å². The topological polar surface area (TPSA) is 71.5 Å². The Bertz CT molecular complexity index is 1100. The quantitative estimate of drug-likeness (QED) is 0.398. The number of halogens is 1. The lowest BCUT2D eigenvalue weighted by molar-refractivity contribution is 0.145. The van der Waals surface area contributed by atoms with E-state index in [0.29, 0.717) is 11.8 Å². The van der Waals surface area contributed by atoms with E-state index >= 15 is 0 Å². The number of amides is 1. The molecule has 1 aromatic heterocycles. The maximum absolute atomic E-state index is 13.6. The first-order valence-corrected chi connectivity index (χ1v) is 15.9. The average molecular weight is 511 g/mol. The Hall–Kier alpha value is -2.51. The minimum absolute atomic E-state index is 0.0250. The van der Waals surface area contributed by atoms with Crippen LogP contribution in [0.15, 0.2) is 48.7 Å². The third-order valence-corrected chi connectivity index (χ3v) is 13.0. The van der Waals surface area contributed by atoms with Crippen LogP contribution >= 0.6 is 0 Å². The highest BCUT2D eigenvalue weighted by molar-refractivity contribution is 6.74. The largest absolute Gasteiger partial charge is 0.465 e. The zero-order chi connectivity index (χ0) is 26.1. The number of fused-ring (bicyclic) bond motifs is 1. The van der Waals surface area contributed by atoms with Crippen LogP contribution in [0.4, 0.5) is 9.18 Å². The van der Waals surface area contributed by atoms with Crippen molar-refractivity contribution >= 4 is 20.5 Å². The lowest BCUT2D eigenvalue weighted by atomic mass is 9.76. The fourth-order valence-corrected chi connectivity index (χ4v) is 6.97. The van der Waals surface area contributed by atoms with E-state index in [4.69, 9.17) is 4.43 Å². The van der Waals surface area contributed by atoms with E-state index in [1.54, 1.807) is 12.3 Å². The average Bonchev–Trinajstić information content (AvgIpc) is 3.12. The Morgan fingerprint density at radius 1 is 1.17 bits per heavy atom. The van der Waals surface area contributed by atoms with Gasteiger partial charge in [0.1, 0.15) is 5.82 Å². The van der Waals surface area contributed by atoms with Crippen LogP contribution in [0.5, 0.6) is 0 Å². The van der Waals surface area contributed by atoms with Crippen molar-refractivity contribution in [1.82, 2.24) is 10.3 Å². The number of aromatic nitrogens is 1. The molecule has 0 aliphatic heterocycles. The maximum Gasteiger partial charge on any atom is 0.404 e. The minimum Gasteiger partial charge on any atom is -0.465 e. The second-order valence-corrected chi connectivity index (χ2v) is 16.7. The number of carbonyl (C=O) groups is 1. The zero-order valence-electron chi connectivity index (χ0n) is 22.0. The monoisotopic (exact) mass is 510 g/mol. The number of rotatable bonds is 6. The van der Waals surface area contributed by atoms with Crippen LogP contribution in [0.25, 0.3) is 17.2 Å². The SMILES string of the molecule is CC(C)(C)[Si](C)(C)O[C@H]1C[C@@H]2CC(NC(=O)O)CC[C@H]2[C@@H]1C=Cc1ccc(-c2cccc(F)c2)cn1. The second-order valence-electron chi connectivity index (χ2n) is 12.0. The van der Waals surface area contributed by atoms with E-state index in [1.807, 2.05) is 18.2 Å². The molecule has 2 N–H and O–H groups in total. The van der Waals surface area contributed by atoms with E-state index in [0.717, 1.165) is 42.5 Å². The molecule has 5 atom stereocenters. The van der Waals surface area contributed by atoms with Crippen LogP contribution in [-0.4, -0.2) is 36.6 Å². The molecule has 2 aliphatic rings. The number of hydrogen-bond acceptors (Lipinski definition) is 3. The highest BCUT2D eigenvalue weighted by Gasteiger charge is 2.49. The van der Waals surface area contributed by atoms with Gasteiger partial charge in [-0.15, -0.1) is 0 Å². The van der Waals surface area contributed by atoms with E-state index < -0.39 is 14.4 Å². The van der Waals surface area contributed by atoms with E-state index in [-0.39, 0.29) is 28.9 Å². The maximum atomic E-state index is 13.6. The Morgan fingerprint density at radius 2 is 1.94 bits per heavy atom. The van der Waals surface area contributed by atoms with E-state index in [9.17, 15) is 14.3 Å². The molecule has 5 nitrogen and oxygen atoms in total. The van der Waals surface area contributed by atoms with E-state index in [1.165, 1.54) is 12.1 Å². The molecule has 0 bridgehead atoms. The summed E-state index contributed by atoms with van der Waals surface area (Å²) in [6.45, 7) is 11.4. The third-order valence-electron chi connectivity index (χ3n) is 8.51. The number of pyridine rings is 1. The number of carboxylic acid groups (broad SMARTS) is 1. The summed E-state index contributed by atoms with van der Waals surface area (Å²) >= 11 is 0. The van der Waals surface area contributed by atoms with Gasteiger partial charge in [0, 0.05) is 23.7 Å². The van der Waals surface area contributed by atoms with Crippen molar-refractivity contribution in [3.8, 4) is 11.1 Å². The molecule has 36 heavy (non-hydrogen) atoms. The first-order chi connectivity index (χ1) is 16.9. The van der Waals surface area contributed by atoms with Gasteiger partial charge in [0.2, 0.25) is 0 Å². The highest BCUT2D eigenvalue weighted by atomic mass is 28.4. The molecule has 2 saturated carbocycles. The molecular weight excluding hydrogens is 471 g/mol. The molecule has 1 amide bonds. The second kappa shape index (κ2) is 10.5. The number of benzene rings is 1. The van der Waals surface area contributed by atoms with Gasteiger partial charge in [-0.05, 0) is 85.5 Å². The van der Waals surface area contributed by atoms with Gasteiger partial charge in [-0.2, -0.15) is 0 Å². The molecule has 4 rings (SSSR count). The minimum atomic E-state index is -1.97. The predicted octanol–water partition coefficient (Wildman–Crippen LogP) is 7.36. The summed E-state index contributed by atoms with van der Waals surface area (Å²) in [5, 5.41) is 12.0. The lowest BCUT2D eigenvalue weighted by Crippen LogP contribution is -2.45. The third kappa shape index (κ3) is 6.06. The molecule has 7 heteroatoms. The van der Waals surface area contributed by atoms with Crippen molar-refractivity contribution < 1.29 is 18.7 Å². The Balaban J connectivity index is 1.53. The van der Waals surface area contributed by atoms with Crippen molar-refractivity contribution in [1.29, 1.82) is 0 Å². The molecule has 2 aliphatic carbocycles. The molecular formula is C29H39FN2O3Si. The predicted molar refractivity (Wildman–Crippen MR) is 145 cm³/mol. The van der Waals surface area contributed by atoms with Gasteiger partial charge in [-0.1, -0.05) is 45.0 Å².